The molecule has 6 heteroatoms. The molecule has 0 radical (unpaired) electrons. The molecule has 1 fully saturated rings. The molecule has 3 rings (SSSR count). The third kappa shape index (κ3) is 3.47. The van der Waals surface area contributed by atoms with Gasteiger partial charge in [-0.3, -0.25) is 9.89 Å². The molecule has 1 atom stereocenters. The number of halogens is 1. The largest absolute Gasteiger partial charge is 0.388 e. The molecule has 0 spiro atoms. The van der Waals surface area contributed by atoms with Crippen molar-refractivity contribution in [2.24, 2.45) is 17.3 Å². The number of hydrogen-bond acceptors (Lipinski definition) is 3. The fourth-order valence-corrected chi connectivity index (χ4v) is 4.33. The summed E-state index contributed by atoms with van der Waals surface area (Å²) in [6.07, 6.45) is 2.85. The van der Waals surface area contributed by atoms with Gasteiger partial charge in [0.2, 0.25) is 5.91 Å². The van der Waals surface area contributed by atoms with E-state index in [1.807, 2.05) is 30.9 Å². The number of H-pyrrole nitrogens is 1. The van der Waals surface area contributed by atoms with E-state index in [2.05, 4.69) is 24.0 Å². The highest BCUT2D eigenvalue weighted by Crippen LogP contribution is 2.46. The van der Waals surface area contributed by atoms with Crippen molar-refractivity contribution in [2.45, 2.75) is 46.6 Å². The maximum atomic E-state index is 12.2. The first-order valence-electron chi connectivity index (χ1n) is 9.31. The van der Waals surface area contributed by atoms with Crippen molar-refractivity contribution in [3.05, 3.63) is 28.9 Å². The van der Waals surface area contributed by atoms with E-state index in [1.54, 1.807) is 6.20 Å². The zero-order chi connectivity index (χ0) is 19.1. The van der Waals surface area contributed by atoms with E-state index in [9.17, 15) is 9.90 Å². The molecule has 2 N–H and O–H groups in total. The Morgan fingerprint density at radius 1 is 1.35 bits per heavy atom. The van der Waals surface area contributed by atoms with Gasteiger partial charge in [0.1, 0.15) is 0 Å². The summed E-state index contributed by atoms with van der Waals surface area (Å²) in [5.74, 6) is 0.576. The fourth-order valence-electron chi connectivity index (χ4n) is 4.10. The molecular weight excluding hydrogens is 350 g/mol. The molecule has 2 heterocycles. The second-order valence-electron chi connectivity index (χ2n) is 8.31. The van der Waals surface area contributed by atoms with E-state index in [1.165, 1.54) is 0 Å². The van der Waals surface area contributed by atoms with Crippen molar-refractivity contribution in [3.8, 4) is 0 Å². The second-order valence-corrected chi connectivity index (χ2v) is 8.74. The molecule has 1 saturated heterocycles. The van der Waals surface area contributed by atoms with Crippen LogP contribution in [0.25, 0.3) is 10.9 Å². The van der Waals surface area contributed by atoms with Crippen LogP contribution in [0.2, 0.25) is 5.02 Å². The molecular formula is C20H28ClN3O2. The van der Waals surface area contributed by atoms with Gasteiger partial charge in [-0.05, 0) is 36.3 Å². The van der Waals surface area contributed by atoms with Gasteiger partial charge in [0, 0.05) is 35.0 Å². The SMILES string of the molecule is CC(C)C(=O)N1CCC(C(C)(C)C(O)c2cc(Cl)cc3cn[nH]c23)CC1. The van der Waals surface area contributed by atoms with Crippen LogP contribution in [0.3, 0.4) is 0 Å². The third-order valence-electron chi connectivity index (χ3n) is 5.90. The van der Waals surface area contributed by atoms with E-state index < -0.39 is 6.10 Å². The summed E-state index contributed by atoms with van der Waals surface area (Å²) in [4.78, 5) is 14.2. The van der Waals surface area contributed by atoms with Crippen molar-refractivity contribution < 1.29 is 9.90 Å². The summed E-state index contributed by atoms with van der Waals surface area (Å²) in [5, 5.41) is 19.8. The quantitative estimate of drug-likeness (QED) is 0.840. The lowest BCUT2D eigenvalue weighted by Crippen LogP contribution is -2.44. The van der Waals surface area contributed by atoms with Crippen molar-refractivity contribution >= 4 is 28.4 Å². The number of nitrogens with one attached hydrogen (secondary N) is 1. The third-order valence-corrected chi connectivity index (χ3v) is 6.11. The molecule has 142 valence electrons. The van der Waals surface area contributed by atoms with Crippen LogP contribution in [0.4, 0.5) is 0 Å². The van der Waals surface area contributed by atoms with Crippen LogP contribution in [-0.4, -0.2) is 39.2 Å². The normalized spacial score (nSPS) is 17.9. The van der Waals surface area contributed by atoms with Crippen LogP contribution >= 0.6 is 11.6 Å². The number of aromatic amines is 1. The van der Waals surface area contributed by atoms with Gasteiger partial charge in [0.25, 0.3) is 0 Å². The summed E-state index contributed by atoms with van der Waals surface area (Å²) in [7, 11) is 0. The average molecular weight is 378 g/mol. The standard InChI is InChI=1S/C20H28ClN3O2/c1-12(2)19(26)24-7-5-14(6-8-24)20(3,4)18(25)16-10-15(21)9-13-11-22-23-17(13)16/h9-12,14,18,25H,5-8H2,1-4H3,(H,22,23). The maximum Gasteiger partial charge on any atom is 0.225 e. The number of aliphatic hydroxyl groups is 1. The predicted molar refractivity (Wildman–Crippen MR) is 104 cm³/mol. The predicted octanol–water partition coefficient (Wildman–Crippen LogP) is 4.17. The molecule has 1 aliphatic rings. The minimum Gasteiger partial charge on any atom is -0.388 e. The lowest BCUT2D eigenvalue weighted by Gasteiger charge is -2.43. The summed E-state index contributed by atoms with van der Waals surface area (Å²) in [6, 6.07) is 3.67. The number of piperidine rings is 1. The topological polar surface area (TPSA) is 69.2 Å². The highest BCUT2D eigenvalue weighted by atomic mass is 35.5. The Bertz CT molecular complexity index is 791. The van der Waals surface area contributed by atoms with E-state index in [0.717, 1.165) is 42.4 Å². The number of benzene rings is 1. The van der Waals surface area contributed by atoms with Gasteiger partial charge in [-0.2, -0.15) is 5.10 Å². The van der Waals surface area contributed by atoms with Gasteiger partial charge in [0.15, 0.2) is 0 Å². The van der Waals surface area contributed by atoms with Crippen LogP contribution in [0.1, 0.15) is 52.2 Å². The summed E-state index contributed by atoms with van der Waals surface area (Å²) < 4.78 is 0. The highest BCUT2D eigenvalue weighted by molar-refractivity contribution is 6.31. The minimum absolute atomic E-state index is 0.0327. The van der Waals surface area contributed by atoms with Crippen molar-refractivity contribution in [2.75, 3.05) is 13.1 Å². The van der Waals surface area contributed by atoms with E-state index >= 15 is 0 Å². The summed E-state index contributed by atoms with van der Waals surface area (Å²) in [5.41, 5.74) is 1.29. The van der Waals surface area contributed by atoms with Crippen LogP contribution in [-0.2, 0) is 4.79 Å². The summed E-state index contributed by atoms with van der Waals surface area (Å²) in [6.45, 7) is 9.60. The Balaban J connectivity index is 1.79. The Labute approximate surface area is 159 Å². The molecule has 2 aromatic rings. The zero-order valence-electron chi connectivity index (χ0n) is 15.9. The number of fused-ring (bicyclic) bond motifs is 1. The lowest BCUT2D eigenvalue weighted by molar-refractivity contribution is -0.137. The first-order valence-corrected chi connectivity index (χ1v) is 9.69. The number of likely N-dealkylation sites (tertiary alicyclic amines) is 1. The first-order chi connectivity index (χ1) is 12.2. The molecule has 0 bridgehead atoms. The molecule has 26 heavy (non-hydrogen) atoms. The van der Waals surface area contributed by atoms with E-state index in [0.29, 0.717) is 10.9 Å². The van der Waals surface area contributed by atoms with E-state index in [4.69, 9.17) is 11.6 Å². The zero-order valence-corrected chi connectivity index (χ0v) is 16.7. The van der Waals surface area contributed by atoms with Gasteiger partial charge in [0.05, 0.1) is 17.8 Å². The number of carbonyl (C=O) groups excluding carboxylic acids is 1. The maximum absolute atomic E-state index is 12.2. The van der Waals surface area contributed by atoms with Crippen molar-refractivity contribution in [3.63, 3.8) is 0 Å². The van der Waals surface area contributed by atoms with Crippen LogP contribution < -0.4 is 0 Å². The lowest BCUT2D eigenvalue weighted by atomic mass is 9.68. The Kier molecular flexibility index (Phi) is 5.31. The molecule has 5 nitrogen and oxygen atoms in total. The molecule has 1 aromatic carbocycles. The fraction of sp³-hybridized carbons (Fsp3) is 0.600. The molecule has 1 aliphatic heterocycles. The second kappa shape index (κ2) is 7.20. The molecule has 0 saturated carbocycles. The van der Waals surface area contributed by atoms with Gasteiger partial charge in [-0.25, -0.2) is 0 Å². The van der Waals surface area contributed by atoms with Crippen molar-refractivity contribution in [1.82, 2.24) is 15.1 Å². The number of aliphatic hydroxyl groups excluding tert-OH is 1. The van der Waals surface area contributed by atoms with Gasteiger partial charge in [-0.15, -0.1) is 0 Å². The van der Waals surface area contributed by atoms with Crippen LogP contribution in [0.15, 0.2) is 18.3 Å². The number of amides is 1. The number of carbonyl (C=O) groups is 1. The number of rotatable bonds is 4. The smallest absolute Gasteiger partial charge is 0.225 e. The Morgan fingerprint density at radius 2 is 2.00 bits per heavy atom. The van der Waals surface area contributed by atoms with Crippen LogP contribution in [0, 0.1) is 17.3 Å². The molecule has 1 aromatic heterocycles. The molecule has 1 unspecified atom stereocenters. The summed E-state index contributed by atoms with van der Waals surface area (Å²) >= 11 is 6.25. The molecule has 0 aliphatic carbocycles. The number of aromatic nitrogens is 2. The molecule has 1 amide bonds. The van der Waals surface area contributed by atoms with Gasteiger partial charge < -0.3 is 10.0 Å². The van der Waals surface area contributed by atoms with Gasteiger partial charge in [-0.1, -0.05) is 39.3 Å². The van der Waals surface area contributed by atoms with Crippen molar-refractivity contribution in [1.29, 1.82) is 0 Å². The van der Waals surface area contributed by atoms with Gasteiger partial charge >= 0.3 is 0 Å². The highest BCUT2D eigenvalue weighted by Gasteiger charge is 2.40. The monoisotopic (exact) mass is 377 g/mol. The van der Waals surface area contributed by atoms with E-state index in [-0.39, 0.29) is 17.2 Å². The number of hydrogen-bond donors (Lipinski definition) is 2. The van der Waals surface area contributed by atoms with Crippen LogP contribution in [0.5, 0.6) is 0 Å². The average Bonchev–Trinajstić information content (AvgIpc) is 3.07. The Morgan fingerprint density at radius 3 is 2.62 bits per heavy atom. The number of nitrogens with zero attached hydrogens (tertiary/aromatic N) is 2. The Hall–Kier alpha value is -1.59. The first kappa shape index (κ1) is 19.2. The minimum atomic E-state index is -0.665.